The first-order valence-corrected chi connectivity index (χ1v) is 24.0. The van der Waals surface area contributed by atoms with Gasteiger partial charge in [0.15, 0.2) is 5.71 Å². The van der Waals surface area contributed by atoms with Crippen molar-refractivity contribution < 1.29 is 33.4 Å². The molecule has 334 valence electrons. The van der Waals surface area contributed by atoms with Gasteiger partial charge in [-0.1, -0.05) is 13.8 Å². The number of benzene rings is 2. The Kier molecular flexibility index (Phi) is 5.90. The summed E-state index contributed by atoms with van der Waals surface area (Å²) >= 11 is 0. The van der Waals surface area contributed by atoms with Gasteiger partial charge < -0.3 is 39.7 Å². The number of carbonyl (C=O) groups is 4. The van der Waals surface area contributed by atoms with Gasteiger partial charge in [-0.15, -0.1) is 0 Å². The average molecular weight is 875 g/mol. The van der Waals surface area contributed by atoms with E-state index in [1.54, 1.807) is 0 Å². The van der Waals surface area contributed by atoms with Crippen molar-refractivity contribution in [2.75, 3.05) is 13.1 Å². The SMILES string of the molecule is CC1(C)C=Cc2c(ccc3c2[N+]([O-])=C2C(C)(C)[C@@H]4C[C@]56CCCN5C(=O)[C@]4(NC6=O)[C@H]4N5C(=O)[C@@]67CCCN6C(=O)[C@@]56[C@H](c5c([nH]c8c9c(ccc58)OC(C)(C)C=C9)C(C)(C)[C@@H]6C7)[C@]234)O1. The van der Waals surface area contributed by atoms with Crippen LogP contribution in [0.4, 0.5) is 5.69 Å². The average Bonchev–Trinajstić information content (AvgIpc) is 4.06. The zero-order chi connectivity index (χ0) is 44.9. The molecule has 2 aliphatic carbocycles. The van der Waals surface area contributed by atoms with E-state index in [0.717, 1.165) is 38.2 Å². The lowest BCUT2D eigenvalue weighted by atomic mass is 9.39. The van der Waals surface area contributed by atoms with Gasteiger partial charge in [-0.2, -0.15) is 4.74 Å². The third-order valence-electron chi connectivity index (χ3n) is 19.9. The number of aromatic nitrogens is 1. The molecule has 17 rings (SSSR count). The molecule has 5 spiro atoms. The number of aromatic amines is 1. The zero-order valence-electron chi connectivity index (χ0n) is 38.2. The van der Waals surface area contributed by atoms with Crippen LogP contribution in [0.15, 0.2) is 36.4 Å². The summed E-state index contributed by atoms with van der Waals surface area (Å²) in [6.07, 6.45) is 11.4. The molecule has 10 fully saturated rings. The summed E-state index contributed by atoms with van der Waals surface area (Å²) in [5.74, 6) is -1.16. The number of amides is 4. The van der Waals surface area contributed by atoms with Crippen LogP contribution in [-0.4, -0.2) is 106 Å². The summed E-state index contributed by atoms with van der Waals surface area (Å²) in [4.78, 5) is 74.5. The molecular weight excluding hydrogens is 821 g/mol. The summed E-state index contributed by atoms with van der Waals surface area (Å²) < 4.78 is 14.3. The molecule has 0 radical (unpaired) electrons. The molecule has 4 bridgehead atoms. The fourth-order valence-corrected chi connectivity index (χ4v) is 17.8. The van der Waals surface area contributed by atoms with E-state index in [1.807, 2.05) is 72.7 Å². The predicted molar refractivity (Wildman–Crippen MR) is 240 cm³/mol. The number of rotatable bonds is 0. The van der Waals surface area contributed by atoms with E-state index in [0.29, 0.717) is 79.9 Å². The molecule has 9 atom stereocenters. The summed E-state index contributed by atoms with van der Waals surface area (Å²) in [7, 11) is 0. The second kappa shape index (κ2) is 10.2. The molecule has 2 N–H and O–H groups in total. The van der Waals surface area contributed by atoms with Gasteiger partial charge in [0.1, 0.15) is 50.3 Å². The van der Waals surface area contributed by atoms with Crippen molar-refractivity contribution in [3.63, 3.8) is 0 Å². The number of hydrogen-bond acceptors (Lipinski definition) is 7. The zero-order valence-corrected chi connectivity index (χ0v) is 38.2. The van der Waals surface area contributed by atoms with Crippen molar-refractivity contribution >= 4 is 58.1 Å². The number of fused-ring (bicyclic) bond motifs is 10. The highest BCUT2D eigenvalue weighted by molar-refractivity contribution is 6.18. The maximum Gasteiger partial charge on any atom is 0.251 e. The van der Waals surface area contributed by atoms with Gasteiger partial charge in [0, 0.05) is 58.5 Å². The number of ether oxygens (including phenoxy) is 2. The lowest BCUT2D eigenvalue weighted by Gasteiger charge is -2.70. The van der Waals surface area contributed by atoms with Gasteiger partial charge in [-0.25, -0.2) is 0 Å². The van der Waals surface area contributed by atoms with Crippen molar-refractivity contribution in [3.05, 3.63) is 69.6 Å². The first kappa shape index (κ1) is 37.6. The fourth-order valence-electron chi connectivity index (χ4n) is 17.8. The van der Waals surface area contributed by atoms with Crippen LogP contribution in [0, 0.1) is 22.5 Å². The lowest BCUT2D eigenvalue weighted by Crippen LogP contribution is -2.93. The maximum atomic E-state index is 16.7. The van der Waals surface area contributed by atoms with Gasteiger partial charge in [-0.3, -0.25) is 19.2 Å². The van der Waals surface area contributed by atoms with Gasteiger partial charge >= 0.3 is 0 Å². The third kappa shape index (κ3) is 3.41. The van der Waals surface area contributed by atoms with Gasteiger partial charge in [0.25, 0.3) is 5.91 Å². The smallest absolute Gasteiger partial charge is 0.251 e. The molecule has 13 heteroatoms. The largest absolute Gasteiger partial charge is 0.618 e. The number of nitrogens with zero attached hydrogens (tertiary/aromatic N) is 4. The summed E-state index contributed by atoms with van der Waals surface area (Å²) in [6.45, 7) is 17.5. The molecule has 0 unspecified atom stereocenters. The summed E-state index contributed by atoms with van der Waals surface area (Å²) in [6, 6.07) is 6.94. The topological polar surface area (TPSA) is 150 Å². The normalized spacial score (nSPS) is 40.9. The molecule has 2 aromatic carbocycles. The van der Waals surface area contributed by atoms with Crippen LogP contribution in [0.1, 0.15) is 128 Å². The molecular formula is C52H54N6O7. The van der Waals surface area contributed by atoms with Crippen molar-refractivity contribution in [1.82, 2.24) is 25.0 Å². The molecule has 4 amide bonds. The Morgan fingerprint density at radius 2 is 1.37 bits per heavy atom. The van der Waals surface area contributed by atoms with E-state index in [-0.39, 0.29) is 23.6 Å². The predicted octanol–water partition coefficient (Wildman–Crippen LogP) is 6.08. The Morgan fingerprint density at radius 3 is 2.09 bits per heavy atom. The van der Waals surface area contributed by atoms with Gasteiger partial charge in [0.05, 0.1) is 22.5 Å². The number of nitrogens with one attached hydrogen (secondary N) is 2. The number of hydrogen-bond donors (Lipinski definition) is 2. The Labute approximate surface area is 376 Å². The number of piperazine rings is 2. The van der Waals surface area contributed by atoms with E-state index in [9.17, 15) is 0 Å². The van der Waals surface area contributed by atoms with Crippen molar-refractivity contribution in [2.24, 2.45) is 17.3 Å². The van der Waals surface area contributed by atoms with E-state index in [4.69, 9.17) is 9.47 Å². The van der Waals surface area contributed by atoms with Crippen LogP contribution < -0.4 is 14.8 Å². The number of H-pyrrole nitrogens is 1. The van der Waals surface area contributed by atoms with Crippen LogP contribution in [-0.2, 0) is 30.0 Å². The first-order valence-electron chi connectivity index (χ1n) is 24.0. The van der Waals surface area contributed by atoms with Crippen LogP contribution in [0.3, 0.4) is 0 Å². The summed E-state index contributed by atoms with van der Waals surface area (Å²) in [5, 5.41) is 20.9. The standard InChI is InChI=1S/C52H54N6O7/c1-44(2)19-15-25-29(64-44)13-11-27-33-36-50-28-12-14-30-26(16-20-45(3,4)65-30)35(28)58(63)38(50)47(7,8)31-23-48-17-9-21-55(48)42(61)51(31,54-40(48)59)39(50)57-41(60)49-18-10-22-56(49)43(62)52(36,57)32(24-49)46(5,6)37(33)53-34(25)27/h11-16,19-20,31-32,36,39,53H,9-10,17-18,21-24H2,1-8H3,(H,54,59)/t31-,32-,36+,39-,48-,49-,50-,51+,52+/m0/s1. The molecule has 3 aromatic rings. The Balaban J connectivity index is 1.15. The summed E-state index contributed by atoms with van der Waals surface area (Å²) in [5.41, 5.74) is -3.85. The van der Waals surface area contributed by atoms with Crippen molar-refractivity contribution in [1.29, 1.82) is 0 Å². The highest BCUT2D eigenvalue weighted by Gasteiger charge is 2.95. The molecule has 9 saturated heterocycles. The quantitative estimate of drug-likeness (QED) is 0.206. The van der Waals surface area contributed by atoms with Crippen LogP contribution >= 0.6 is 0 Å². The van der Waals surface area contributed by atoms with E-state index >= 15 is 24.4 Å². The minimum absolute atomic E-state index is 0.101. The second-order valence-corrected chi connectivity index (χ2v) is 24.1. The molecule has 1 saturated carbocycles. The molecule has 14 aliphatic rings. The minimum Gasteiger partial charge on any atom is -0.618 e. The van der Waals surface area contributed by atoms with E-state index in [1.165, 1.54) is 0 Å². The lowest BCUT2D eigenvalue weighted by molar-refractivity contribution is -0.367. The van der Waals surface area contributed by atoms with Crippen LogP contribution in [0.25, 0.3) is 23.1 Å². The van der Waals surface area contributed by atoms with E-state index in [2.05, 4.69) is 56.2 Å². The van der Waals surface area contributed by atoms with Crippen LogP contribution in [0.2, 0.25) is 0 Å². The molecule has 13 heterocycles. The molecule has 65 heavy (non-hydrogen) atoms. The Morgan fingerprint density at radius 1 is 0.738 bits per heavy atom. The van der Waals surface area contributed by atoms with Crippen molar-refractivity contribution in [2.45, 2.75) is 150 Å². The Hall–Kier alpha value is -5.59. The van der Waals surface area contributed by atoms with Crippen LogP contribution in [0.5, 0.6) is 11.5 Å². The number of piperidine rings is 4. The van der Waals surface area contributed by atoms with Gasteiger partial charge in [-0.05, 0) is 134 Å². The molecule has 1 aromatic heterocycles. The fraction of sp³-hybridized carbons (Fsp3) is 0.558. The monoisotopic (exact) mass is 874 g/mol. The minimum atomic E-state index is -1.66. The highest BCUT2D eigenvalue weighted by Crippen LogP contribution is 2.80. The Bertz CT molecular complexity index is 3080. The first-order chi connectivity index (χ1) is 30.7. The van der Waals surface area contributed by atoms with E-state index < -0.39 is 73.4 Å². The molecule has 12 aliphatic heterocycles. The van der Waals surface area contributed by atoms with Crippen molar-refractivity contribution in [3.8, 4) is 11.5 Å². The highest BCUT2D eigenvalue weighted by atomic mass is 16.5. The maximum absolute atomic E-state index is 16.7. The number of carbonyl (C=O) groups excluding carboxylic acids is 4. The second-order valence-electron chi connectivity index (χ2n) is 24.1. The van der Waals surface area contributed by atoms with Gasteiger partial charge in [0.2, 0.25) is 23.4 Å². The molecule has 13 nitrogen and oxygen atoms in total. The third-order valence-corrected chi connectivity index (χ3v) is 19.9.